The van der Waals surface area contributed by atoms with E-state index in [9.17, 15) is 0 Å². The summed E-state index contributed by atoms with van der Waals surface area (Å²) in [5, 5.41) is 3.45. The number of aromatic nitrogens is 2. The molecule has 19 heavy (non-hydrogen) atoms. The van der Waals surface area contributed by atoms with E-state index in [2.05, 4.69) is 21.6 Å². The SMILES string of the molecule is Cc1ccc(C(C)NCc2cnc3ccccn23)o1. The third-order valence-electron chi connectivity index (χ3n) is 3.27. The average molecular weight is 255 g/mol. The molecule has 0 bridgehead atoms. The van der Waals surface area contributed by atoms with Crippen molar-refractivity contribution in [2.24, 2.45) is 0 Å². The molecule has 3 heterocycles. The van der Waals surface area contributed by atoms with Crippen LogP contribution in [0.4, 0.5) is 0 Å². The molecule has 0 saturated carbocycles. The number of aryl methyl sites for hydroxylation is 1. The minimum atomic E-state index is 0.183. The maximum absolute atomic E-state index is 5.62. The van der Waals surface area contributed by atoms with E-state index in [1.54, 1.807) is 0 Å². The Labute approximate surface area is 112 Å². The van der Waals surface area contributed by atoms with Crippen molar-refractivity contribution < 1.29 is 4.42 Å². The number of rotatable bonds is 4. The zero-order valence-corrected chi connectivity index (χ0v) is 11.1. The van der Waals surface area contributed by atoms with Crippen LogP contribution in [0.2, 0.25) is 0 Å². The Balaban J connectivity index is 1.72. The van der Waals surface area contributed by atoms with E-state index in [0.29, 0.717) is 0 Å². The van der Waals surface area contributed by atoms with Crippen molar-refractivity contribution in [1.82, 2.24) is 14.7 Å². The van der Waals surface area contributed by atoms with Gasteiger partial charge in [0.2, 0.25) is 0 Å². The molecule has 4 nitrogen and oxygen atoms in total. The molecule has 4 heteroatoms. The van der Waals surface area contributed by atoms with Gasteiger partial charge in [0.1, 0.15) is 17.2 Å². The topological polar surface area (TPSA) is 42.5 Å². The van der Waals surface area contributed by atoms with Crippen LogP contribution in [-0.2, 0) is 6.54 Å². The second-order valence-corrected chi connectivity index (χ2v) is 4.73. The van der Waals surface area contributed by atoms with Crippen LogP contribution in [0.1, 0.15) is 30.2 Å². The normalized spacial score (nSPS) is 12.9. The summed E-state index contributed by atoms with van der Waals surface area (Å²) in [5.41, 5.74) is 2.12. The van der Waals surface area contributed by atoms with Crippen LogP contribution in [0.15, 0.2) is 47.1 Å². The zero-order chi connectivity index (χ0) is 13.2. The molecule has 3 aromatic rings. The van der Waals surface area contributed by atoms with Crippen molar-refractivity contribution in [3.8, 4) is 0 Å². The molecule has 0 aliphatic rings. The summed E-state index contributed by atoms with van der Waals surface area (Å²) >= 11 is 0. The molecule has 0 amide bonds. The van der Waals surface area contributed by atoms with Gasteiger partial charge in [-0.1, -0.05) is 6.07 Å². The molecule has 98 valence electrons. The fourth-order valence-electron chi connectivity index (χ4n) is 2.16. The van der Waals surface area contributed by atoms with E-state index in [1.165, 1.54) is 0 Å². The summed E-state index contributed by atoms with van der Waals surface area (Å²) in [4.78, 5) is 4.37. The van der Waals surface area contributed by atoms with Gasteiger partial charge >= 0.3 is 0 Å². The van der Waals surface area contributed by atoms with Gasteiger partial charge in [0, 0.05) is 12.7 Å². The largest absolute Gasteiger partial charge is 0.465 e. The summed E-state index contributed by atoms with van der Waals surface area (Å²) in [6.07, 6.45) is 3.93. The van der Waals surface area contributed by atoms with Crippen molar-refractivity contribution in [3.05, 3.63) is 59.9 Å². The molecule has 3 aromatic heterocycles. The molecule has 1 unspecified atom stereocenters. The number of furan rings is 1. The lowest BCUT2D eigenvalue weighted by Crippen LogP contribution is -2.18. The Morgan fingerprint density at radius 2 is 2.21 bits per heavy atom. The first kappa shape index (κ1) is 12.0. The van der Waals surface area contributed by atoms with Crippen LogP contribution in [0.3, 0.4) is 0 Å². The van der Waals surface area contributed by atoms with Gasteiger partial charge in [0.25, 0.3) is 0 Å². The number of pyridine rings is 1. The van der Waals surface area contributed by atoms with E-state index in [0.717, 1.165) is 29.4 Å². The van der Waals surface area contributed by atoms with Crippen molar-refractivity contribution >= 4 is 5.65 Å². The molecular formula is C15H17N3O. The molecule has 1 atom stereocenters. The monoisotopic (exact) mass is 255 g/mol. The number of nitrogens with zero attached hydrogens (tertiary/aromatic N) is 2. The summed E-state index contributed by atoms with van der Waals surface area (Å²) in [6.45, 7) is 4.81. The van der Waals surface area contributed by atoms with Crippen LogP contribution >= 0.6 is 0 Å². The Morgan fingerprint density at radius 1 is 1.32 bits per heavy atom. The quantitative estimate of drug-likeness (QED) is 0.779. The number of hydrogen-bond acceptors (Lipinski definition) is 3. The van der Waals surface area contributed by atoms with Crippen molar-refractivity contribution in [3.63, 3.8) is 0 Å². The highest BCUT2D eigenvalue weighted by molar-refractivity contribution is 5.39. The van der Waals surface area contributed by atoms with E-state index < -0.39 is 0 Å². The van der Waals surface area contributed by atoms with Crippen molar-refractivity contribution in [2.75, 3.05) is 0 Å². The summed E-state index contributed by atoms with van der Waals surface area (Å²) in [5.74, 6) is 1.91. The minimum absolute atomic E-state index is 0.183. The molecule has 0 aromatic carbocycles. The first-order valence-corrected chi connectivity index (χ1v) is 6.45. The minimum Gasteiger partial charge on any atom is -0.465 e. The highest BCUT2D eigenvalue weighted by Crippen LogP contribution is 2.16. The molecule has 0 aliphatic carbocycles. The predicted molar refractivity (Wildman–Crippen MR) is 73.9 cm³/mol. The molecule has 1 N–H and O–H groups in total. The van der Waals surface area contributed by atoms with Gasteiger partial charge in [0.15, 0.2) is 0 Å². The smallest absolute Gasteiger partial charge is 0.136 e. The average Bonchev–Trinajstić information content (AvgIpc) is 3.02. The van der Waals surface area contributed by atoms with E-state index >= 15 is 0 Å². The van der Waals surface area contributed by atoms with Crippen LogP contribution in [0, 0.1) is 6.92 Å². The molecule has 3 rings (SSSR count). The van der Waals surface area contributed by atoms with Gasteiger partial charge < -0.3 is 14.1 Å². The second-order valence-electron chi connectivity index (χ2n) is 4.73. The molecular weight excluding hydrogens is 238 g/mol. The maximum atomic E-state index is 5.62. The third kappa shape index (κ3) is 2.39. The van der Waals surface area contributed by atoms with Crippen LogP contribution in [-0.4, -0.2) is 9.38 Å². The lowest BCUT2D eigenvalue weighted by atomic mass is 10.2. The van der Waals surface area contributed by atoms with Gasteiger partial charge in [-0.3, -0.25) is 0 Å². The second kappa shape index (κ2) is 4.90. The van der Waals surface area contributed by atoms with Gasteiger partial charge in [-0.25, -0.2) is 4.98 Å². The fourth-order valence-corrected chi connectivity index (χ4v) is 2.16. The Hall–Kier alpha value is -2.07. The van der Waals surface area contributed by atoms with Gasteiger partial charge in [-0.15, -0.1) is 0 Å². The Morgan fingerprint density at radius 3 is 3.00 bits per heavy atom. The standard InChI is InChI=1S/C15H17N3O/c1-11-6-7-14(19-11)12(2)16-9-13-10-17-15-5-3-4-8-18(13)15/h3-8,10,12,16H,9H2,1-2H3. The molecule has 0 saturated heterocycles. The first-order valence-electron chi connectivity index (χ1n) is 6.45. The van der Waals surface area contributed by atoms with E-state index in [1.807, 2.05) is 49.6 Å². The summed E-state index contributed by atoms with van der Waals surface area (Å²) in [6, 6.07) is 10.2. The van der Waals surface area contributed by atoms with Gasteiger partial charge in [-0.2, -0.15) is 0 Å². The maximum Gasteiger partial charge on any atom is 0.136 e. The van der Waals surface area contributed by atoms with Crippen LogP contribution in [0.5, 0.6) is 0 Å². The van der Waals surface area contributed by atoms with Gasteiger partial charge in [0.05, 0.1) is 17.9 Å². The zero-order valence-electron chi connectivity index (χ0n) is 11.1. The summed E-state index contributed by atoms with van der Waals surface area (Å²) < 4.78 is 7.71. The Bertz CT molecular complexity index is 683. The number of nitrogens with one attached hydrogen (secondary N) is 1. The van der Waals surface area contributed by atoms with E-state index in [-0.39, 0.29) is 6.04 Å². The third-order valence-corrected chi connectivity index (χ3v) is 3.27. The molecule has 0 aliphatic heterocycles. The highest BCUT2D eigenvalue weighted by Gasteiger charge is 2.10. The number of fused-ring (bicyclic) bond motifs is 1. The number of hydrogen-bond donors (Lipinski definition) is 1. The van der Waals surface area contributed by atoms with Crippen LogP contribution < -0.4 is 5.32 Å². The first-order chi connectivity index (χ1) is 9.24. The lowest BCUT2D eigenvalue weighted by molar-refractivity contribution is 0.414. The fraction of sp³-hybridized carbons (Fsp3) is 0.267. The number of imidazole rings is 1. The molecule has 0 fully saturated rings. The van der Waals surface area contributed by atoms with Crippen molar-refractivity contribution in [2.45, 2.75) is 26.4 Å². The Kier molecular flexibility index (Phi) is 3.09. The van der Waals surface area contributed by atoms with Gasteiger partial charge in [-0.05, 0) is 38.1 Å². The van der Waals surface area contributed by atoms with Crippen molar-refractivity contribution in [1.29, 1.82) is 0 Å². The predicted octanol–water partition coefficient (Wildman–Crippen LogP) is 3.09. The lowest BCUT2D eigenvalue weighted by Gasteiger charge is -2.11. The highest BCUT2D eigenvalue weighted by atomic mass is 16.3. The molecule has 0 spiro atoms. The molecule has 0 radical (unpaired) electrons. The van der Waals surface area contributed by atoms with Crippen LogP contribution in [0.25, 0.3) is 5.65 Å². The summed E-state index contributed by atoms with van der Waals surface area (Å²) in [7, 11) is 0. The van der Waals surface area contributed by atoms with E-state index in [4.69, 9.17) is 4.42 Å².